The fourth-order valence-corrected chi connectivity index (χ4v) is 1.61. The van der Waals surface area contributed by atoms with Crippen LogP contribution in [0.1, 0.15) is 5.56 Å². The predicted octanol–water partition coefficient (Wildman–Crippen LogP) is 3.51. The Morgan fingerprint density at radius 1 is 1.07 bits per heavy atom. The standard InChI is InChI=1S/C13H11FO/c1-9-6-10(8-11(15)7-9)12-4-2-3-5-13(12)14/h2-8,15H,1H3. The molecule has 76 valence electrons. The Morgan fingerprint density at radius 2 is 1.80 bits per heavy atom. The first-order valence-corrected chi connectivity index (χ1v) is 4.72. The third-order valence-corrected chi connectivity index (χ3v) is 2.25. The van der Waals surface area contributed by atoms with Crippen molar-refractivity contribution >= 4 is 0 Å². The topological polar surface area (TPSA) is 20.2 Å². The summed E-state index contributed by atoms with van der Waals surface area (Å²) in [4.78, 5) is 0. The van der Waals surface area contributed by atoms with Crippen molar-refractivity contribution in [2.75, 3.05) is 0 Å². The molecule has 1 nitrogen and oxygen atoms in total. The molecule has 0 fully saturated rings. The molecule has 0 aliphatic carbocycles. The zero-order valence-electron chi connectivity index (χ0n) is 8.37. The number of phenolic OH excluding ortho intramolecular Hbond substituents is 1. The van der Waals surface area contributed by atoms with Gasteiger partial charge in [-0.05, 0) is 36.2 Å². The lowest BCUT2D eigenvalue weighted by Gasteiger charge is -2.05. The first kappa shape index (κ1) is 9.71. The van der Waals surface area contributed by atoms with Crippen molar-refractivity contribution in [2.24, 2.45) is 0 Å². The second kappa shape index (κ2) is 3.73. The molecule has 0 saturated heterocycles. The minimum atomic E-state index is -0.275. The molecule has 0 bridgehead atoms. The van der Waals surface area contributed by atoms with Crippen LogP contribution in [-0.4, -0.2) is 5.11 Å². The van der Waals surface area contributed by atoms with Gasteiger partial charge in [0.2, 0.25) is 0 Å². The van der Waals surface area contributed by atoms with E-state index < -0.39 is 0 Å². The largest absolute Gasteiger partial charge is 0.508 e. The molecule has 2 heteroatoms. The molecule has 2 rings (SSSR count). The second-order valence-electron chi connectivity index (χ2n) is 3.54. The van der Waals surface area contributed by atoms with E-state index in [9.17, 15) is 9.50 Å². The van der Waals surface area contributed by atoms with Gasteiger partial charge in [0.1, 0.15) is 11.6 Å². The maximum atomic E-state index is 13.5. The number of benzene rings is 2. The lowest BCUT2D eigenvalue weighted by Crippen LogP contribution is -1.84. The highest BCUT2D eigenvalue weighted by molar-refractivity contribution is 5.66. The monoisotopic (exact) mass is 202 g/mol. The molecule has 0 heterocycles. The second-order valence-corrected chi connectivity index (χ2v) is 3.54. The number of halogens is 1. The Balaban J connectivity index is 2.59. The van der Waals surface area contributed by atoms with E-state index in [4.69, 9.17) is 0 Å². The fraction of sp³-hybridized carbons (Fsp3) is 0.0769. The van der Waals surface area contributed by atoms with Crippen LogP contribution in [0, 0.1) is 12.7 Å². The molecule has 2 aromatic carbocycles. The van der Waals surface area contributed by atoms with E-state index in [1.807, 2.05) is 13.0 Å². The molecular weight excluding hydrogens is 191 g/mol. The smallest absolute Gasteiger partial charge is 0.131 e. The molecule has 0 saturated carbocycles. The van der Waals surface area contributed by atoms with Crippen molar-refractivity contribution in [1.82, 2.24) is 0 Å². The van der Waals surface area contributed by atoms with E-state index in [2.05, 4.69) is 0 Å². The van der Waals surface area contributed by atoms with Gasteiger partial charge in [0, 0.05) is 5.56 Å². The summed E-state index contributed by atoms with van der Waals surface area (Å²) in [7, 11) is 0. The minimum absolute atomic E-state index is 0.160. The third kappa shape index (κ3) is 1.99. The zero-order chi connectivity index (χ0) is 10.8. The number of aryl methyl sites for hydroxylation is 1. The van der Waals surface area contributed by atoms with Crippen LogP contribution < -0.4 is 0 Å². The highest BCUT2D eigenvalue weighted by Gasteiger charge is 2.05. The van der Waals surface area contributed by atoms with Gasteiger partial charge in [-0.15, -0.1) is 0 Å². The summed E-state index contributed by atoms with van der Waals surface area (Å²) >= 11 is 0. The lowest BCUT2D eigenvalue weighted by atomic mass is 10.0. The third-order valence-electron chi connectivity index (χ3n) is 2.25. The van der Waals surface area contributed by atoms with Crippen molar-refractivity contribution in [3.63, 3.8) is 0 Å². The van der Waals surface area contributed by atoms with Crippen LogP contribution in [0.25, 0.3) is 11.1 Å². The predicted molar refractivity (Wildman–Crippen MR) is 58.2 cm³/mol. The molecule has 0 aromatic heterocycles. The molecule has 0 unspecified atom stereocenters. The van der Waals surface area contributed by atoms with E-state index in [0.29, 0.717) is 11.1 Å². The normalized spacial score (nSPS) is 10.3. The van der Waals surface area contributed by atoms with Gasteiger partial charge >= 0.3 is 0 Å². The van der Waals surface area contributed by atoms with Crippen LogP contribution >= 0.6 is 0 Å². The van der Waals surface area contributed by atoms with E-state index in [-0.39, 0.29) is 11.6 Å². The highest BCUT2D eigenvalue weighted by Crippen LogP contribution is 2.26. The number of hydrogen-bond donors (Lipinski definition) is 1. The van der Waals surface area contributed by atoms with E-state index >= 15 is 0 Å². The molecular formula is C13H11FO. The van der Waals surface area contributed by atoms with E-state index in [0.717, 1.165) is 5.56 Å². The summed E-state index contributed by atoms with van der Waals surface area (Å²) in [5.74, 6) is -0.115. The van der Waals surface area contributed by atoms with Crippen molar-refractivity contribution in [2.45, 2.75) is 6.92 Å². The van der Waals surface area contributed by atoms with Crippen LogP contribution in [0.4, 0.5) is 4.39 Å². The molecule has 1 N–H and O–H groups in total. The Labute approximate surface area is 87.8 Å². The van der Waals surface area contributed by atoms with Gasteiger partial charge in [0.25, 0.3) is 0 Å². The van der Waals surface area contributed by atoms with Gasteiger partial charge < -0.3 is 5.11 Å². The molecule has 0 radical (unpaired) electrons. The minimum Gasteiger partial charge on any atom is -0.508 e. The van der Waals surface area contributed by atoms with Crippen molar-refractivity contribution in [3.8, 4) is 16.9 Å². The van der Waals surface area contributed by atoms with Gasteiger partial charge in [0.15, 0.2) is 0 Å². The Morgan fingerprint density at radius 3 is 2.47 bits per heavy atom. The molecule has 2 aromatic rings. The van der Waals surface area contributed by atoms with Gasteiger partial charge in [-0.3, -0.25) is 0 Å². The molecule has 15 heavy (non-hydrogen) atoms. The van der Waals surface area contributed by atoms with Gasteiger partial charge in [-0.2, -0.15) is 0 Å². The average molecular weight is 202 g/mol. The quantitative estimate of drug-likeness (QED) is 0.750. The molecule has 0 aliphatic heterocycles. The molecule has 0 atom stereocenters. The van der Waals surface area contributed by atoms with Crippen molar-refractivity contribution in [1.29, 1.82) is 0 Å². The Bertz CT molecular complexity index is 471. The Hall–Kier alpha value is -1.83. The average Bonchev–Trinajstić information content (AvgIpc) is 2.16. The zero-order valence-corrected chi connectivity index (χ0v) is 8.37. The van der Waals surface area contributed by atoms with Gasteiger partial charge in [-0.25, -0.2) is 4.39 Å². The summed E-state index contributed by atoms with van der Waals surface area (Å²) in [6.07, 6.45) is 0. The van der Waals surface area contributed by atoms with E-state index in [1.54, 1.807) is 30.3 Å². The summed E-state index contributed by atoms with van der Waals surface area (Å²) in [6.45, 7) is 1.87. The molecule has 0 aliphatic rings. The van der Waals surface area contributed by atoms with Crippen LogP contribution in [0.3, 0.4) is 0 Å². The van der Waals surface area contributed by atoms with Gasteiger partial charge in [-0.1, -0.05) is 24.3 Å². The lowest BCUT2D eigenvalue weighted by molar-refractivity contribution is 0.475. The fourth-order valence-electron chi connectivity index (χ4n) is 1.61. The van der Waals surface area contributed by atoms with E-state index in [1.165, 1.54) is 6.07 Å². The maximum absolute atomic E-state index is 13.5. The van der Waals surface area contributed by atoms with Crippen LogP contribution in [-0.2, 0) is 0 Å². The molecule has 0 amide bonds. The summed E-state index contributed by atoms with van der Waals surface area (Å²) in [5, 5.41) is 9.42. The number of hydrogen-bond acceptors (Lipinski definition) is 1. The Kier molecular flexibility index (Phi) is 2.42. The number of phenols is 1. The van der Waals surface area contributed by atoms with Crippen LogP contribution in [0.15, 0.2) is 42.5 Å². The van der Waals surface area contributed by atoms with Crippen molar-refractivity contribution < 1.29 is 9.50 Å². The summed E-state index contributed by atoms with van der Waals surface area (Å²) in [5.41, 5.74) is 2.12. The van der Waals surface area contributed by atoms with Crippen molar-refractivity contribution in [3.05, 3.63) is 53.8 Å². The van der Waals surface area contributed by atoms with Crippen LogP contribution in [0.2, 0.25) is 0 Å². The first-order chi connectivity index (χ1) is 7.16. The molecule has 0 spiro atoms. The number of aromatic hydroxyl groups is 1. The summed E-state index contributed by atoms with van der Waals surface area (Å²) < 4.78 is 13.5. The summed E-state index contributed by atoms with van der Waals surface area (Å²) in [6, 6.07) is 11.6. The van der Waals surface area contributed by atoms with Crippen LogP contribution in [0.5, 0.6) is 5.75 Å². The SMILES string of the molecule is Cc1cc(O)cc(-c2ccccc2F)c1. The van der Waals surface area contributed by atoms with Gasteiger partial charge in [0.05, 0.1) is 0 Å². The maximum Gasteiger partial charge on any atom is 0.131 e. The first-order valence-electron chi connectivity index (χ1n) is 4.72. The highest BCUT2D eigenvalue weighted by atomic mass is 19.1. The number of rotatable bonds is 1.